The van der Waals surface area contributed by atoms with Crippen LogP contribution >= 0.6 is 11.3 Å². The molecular weight excluding hydrogens is 369 g/mol. The van der Waals surface area contributed by atoms with Crippen LogP contribution in [0.2, 0.25) is 0 Å². The van der Waals surface area contributed by atoms with Crippen LogP contribution in [0.5, 0.6) is 0 Å². The minimum Gasteiger partial charge on any atom is -0.325 e. The monoisotopic (exact) mass is 387 g/mol. The van der Waals surface area contributed by atoms with Gasteiger partial charge in [0.25, 0.3) is 0 Å². The third-order valence-corrected chi connectivity index (χ3v) is 5.36. The van der Waals surface area contributed by atoms with Gasteiger partial charge in [-0.05, 0) is 37.6 Å². The highest BCUT2D eigenvalue weighted by atomic mass is 32.1. The number of alkyl halides is 1. The third kappa shape index (κ3) is 3.71. The number of likely N-dealkylation sites (tertiary alicyclic amines) is 1. The van der Waals surface area contributed by atoms with Crippen LogP contribution in [-0.2, 0) is 0 Å². The summed E-state index contributed by atoms with van der Waals surface area (Å²) in [7, 11) is 0. The molecule has 4 rings (SSSR count). The molecule has 0 spiro atoms. The number of anilines is 1. The highest BCUT2D eigenvalue weighted by Gasteiger charge is 2.29. The second-order valence-electron chi connectivity index (χ2n) is 6.47. The number of aromatic nitrogens is 4. The van der Waals surface area contributed by atoms with Crippen molar-refractivity contribution in [3.63, 3.8) is 0 Å². The second-order valence-corrected chi connectivity index (χ2v) is 7.66. The summed E-state index contributed by atoms with van der Waals surface area (Å²) < 4.78 is 13.8. The molecule has 10 heteroatoms. The largest absolute Gasteiger partial charge is 0.325 e. The maximum Gasteiger partial charge on any atom is 0.323 e. The zero-order chi connectivity index (χ0) is 19.0. The molecule has 1 fully saturated rings. The first-order valence-electron chi connectivity index (χ1n) is 8.53. The number of piperidine rings is 1. The maximum atomic E-state index is 13.8. The van der Waals surface area contributed by atoms with E-state index in [0.29, 0.717) is 24.3 Å². The Hall–Kier alpha value is -2.72. The molecule has 1 saturated heterocycles. The lowest BCUT2D eigenvalue weighted by Gasteiger charge is -2.32. The van der Waals surface area contributed by atoms with Gasteiger partial charge in [0.1, 0.15) is 16.2 Å². The van der Waals surface area contributed by atoms with E-state index < -0.39 is 18.2 Å². The molecule has 0 bridgehead atoms. The van der Waals surface area contributed by atoms with E-state index in [9.17, 15) is 9.18 Å². The van der Waals surface area contributed by atoms with Crippen LogP contribution in [-0.4, -0.2) is 56.6 Å². The average Bonchev–Trinajstić information content (AvgIpc) is 3.09. The Kier molecular flexibility index (Phi) is 4.66. The van der Waals surface area contributed by atoms with E-state index in [-0.39, 0.29) is 6.54 Å². The lowest BCUT2D eigenvalue weighted by molar-refractivity contribution is 0.137. The second kappa shape index (κ2) is 7.12. The number of nitrogens with zero attached hydrogens (tertiary/aromatic N) is 5. The number of hydrogen-bond donors (Lipinski definition) is 2. The average molecular weight is 387 g/mol. The van der Waals surface area contributed by atoms with Gasteiger partial charge in [0.2, 0.25) is 0 Å². The Balaban J connectivity index is 1.54. The summed E-state index contributed by atoms with van der Waals surface area (Å²) in [4.78, 5) is 13.8. The first-order valence-corrected chi connectivity index (χ1v) is 9.35. The number of carbonyl (C=O) groups is 1. The van der Waals surface area contributed by atoms with Gasteiger partial charge in [-0.1, -0.05) is 11.3 Å². The van der Waals surface area contributed by atoms with Crippen LogP contribution in [0, 0.1) is 6.92 Å². The van der Waals surface area contributed by atoms with E-state index in [0.717, 1.165) is 21.0 Å². The number of nitrogens with two attached hydrogens (primary N) is 1. The fourth-order valence-corrected chi connectivity index (χ4v) is 3.64. The zero-order valence-corrected chi connectivity index (χ0v) is 15.4. The standard InChI is InChI=1S/C17H18FN7OS/c1-9-21-24-16(27-9)10-2-3-14-11(6-10)7-15(23-22-14)20-17(26)25-5-4-13(19)12(18)8-25/h2-3,6-7,12-13H,4-5,8,19H2,1H3,(H,20,23,26)/t12-,13+/m1/s1. The molecule has 1 aliphatic rings. The molecule has 140 valence electrons. The van der Waals surface area contributed by atoms with E-state index in [4.69, 9.17) is 5.73 Å². The number of urea groups is 1. The Morgan fingerprint density at radius 2 is 2.15 bits per heavy atom. The van der Waals surface area contributed by atoms with E-state index in [2.05, 4.69) is 25.7 Å². The minimum atomic E-state index is -1.22. The lowest BCUT2D eigenvalue weighted by Crippen LogP contribution is -2.51. The smallest absolute Gasteiger partial charge is 0.323 e. The van der Waals surface area contributed by atoms with E-state index in [1.54, 1.807) is 6.07 Å². The topological polar surface area (TPSA) is 110 Å². The fourth-order valence-electron chi connectivity index (χ4n) is 2.95. The van der Waals surface area contributed by atoms with Gasteiger partial charge in [0, 0.05) is 23.5 Å². The summed E-state index contributed by atoms with van der Waals surface area (Å²) >= 11 is 1.50. The van der Waals surface area contributed by atoms with Crippen molar-refractivity contribution in [2.45, 2.75) is 25.6 Å². The lowest BCUT2D eigenvalue weighted by atomic mass is 10.0. The quantitative estimate of drug-likeness (QED) is 0.698. The molecule has 2 atom stereocenters. The Labute approximate surface area is 158 Å². The summed E-state index contributed by atoms with van der Waals surface area (Å²) in [6.45, 7) is 2.29. The molecule has 8 nitrogen and oxygen atoms in total. The van der Waals surface area contributed by atoms with Gasteiger partial charge < -0.3 is 10.6 Å². The number of halogens is 1. The van der Waals surface area contributed by atoms with Crippen molar-refractivity contribution >= 4 is 34.1 Å². The summed E-state index contributed by atoms with van der Waals surface area (Å²) in [5.74, 6) is 0.309. The maximum absolute atomic E-state index is 13.8. The Morgan fingerprint density at radius 1 is 1.30 bits per heavy atom. The van der Waals surface area contributed by atoms with Gasteiger partial charge in [0.05, 0.1) is 12.1 Å². The number of aryl methyl sites for hydroxylation is 1. The minimum absolute atomic E-state index is 0.0193. The molecule has 1 aliphatic heterocycles. The van der Waals surface area contributed by atoms with Gasteiger partial charge >= 0.3 is 6.03 Å². The predicted octanol–water partition coefficient (Wildman–Crippen LogP) is 2.36. The normalized spacial score (nSPS) is 20.0. The van der Waals surface area contributed by atoms with Gasteiger partial charge in [-0.15, -0.1) is 20.4 Å². The predicted molar refractivity (Wildman–Crippen MR) is 101 cm³/mol. The van der Waals surface area contributed by atoms with E-state index in [1.165, 1.54) is 16.2 Å². The van der Waals surface area contributed by atoms with E-state index in [1.807, 2.05) is 25.1 Å². The highest BCUT2D eigenvalue weighted by Crippen LogP contribution is 2.26. The number of hydrogen-bond acceptors (Lipinski definition) is 7. The Morgan fingerprint density at radius 3 is 2.89 bits per heavy atom. The van der Waals surface area contributed by atoms with E-state index >= 15 is 0 Å². The molecule has 2 aromatic heterocycles. The molecule has 3 N–H and O–H groups in total. The van der Waals surface area contributed by atoms with Crippen LogP contribution in [0.15, 0.2) is 24.3 Å². The fraction of sp³-hybridized carbons (Fsp3) is 0.353. The van der Waals surface area contributed by atoms with Crippen LogP contribution < -0.4 is 11.1 Å². The molecule has 0 saturated carbocycles. The van der Waals surface area contributed by atoms with Crippen molar-refractivity contribution in [1.29, 1.82) is 0 Å². The summed E-state index contributed by atoms with van der Waals surface area (Å²) in [5.41, 5.74) is 7.27. The number of rotatable bonds is 2. The van der Waals surface area contributed by atoms with Gasteiger partial charge in [-0.2, -0.15) is 0 Å². The van der Waals surface area contributed by atoms with Crippen LogP contribution in [0.25, 0.3) is 21.5 Å². The molecule has 27 heavy (non-hydrogen) atoms. The molecule has 3 aromatic rings. The number of carbonyl (C=O) groups excluding carboxylic acids is 1. The third-order valence-electron chi connectivity index (χ3n) is 4.47. The van der Waals surface area contributed by atoms with Crippen molar-refractivity contribution < 1.29 is 9.18 Å². The highest BCUT2D eigenvalue weighted by molar-refractivity contribution is 7.14. The first-order chi connectivity index (χ1) is 13.0. The molecule has 2 amide bonds. The number of benzene rings is 1. The SMILES string of the molecule is Cc1nnc(-c2ccc3nnc(NC(=O)N4CC[C@H](N)[C@H](F)C4)cc3c2)s1. The van der Waals surface area contributed by atoms with Crippen molar-refractivity contribution in [1.82, 2.24) is 25.3 Å². The summed E-state index contributed by atoms with van der Waals surface area (Å²) in [5, 5.41) is 21.5. The first kappa shape index (κ1) is 17.7. The molecule has 0 radical (unpaired) electrons. The molecule has 0 aliphatic carbocycles. The number of fused-ring (bicyclic) bond motifs is 1. The van der Waals surface area contributed by atoms with Crippen LogP contribution in [0.3, 0.4) is 0 Å². The molecule has 3 heterocycles. The summed E-state index contributed by atoms with van der Waals surface area (Å²) in [6, 6.07) is 6.50. The molecule has 1 aromatic carbocycles. The van der Waals surface area contributed by atoms with Crippen molar-refractivity contribution in [3.8, 4) is 10.6 Å². The van der Waals surface area contributed by atoms with Crippen LogP contribution in [0.4, 0.5) is 15.0 Å². The molecule has 0 unspecified atom stereocenters. The van der Waals surface area contributed by atoms with Crippen molar-refractivity contribution in [2.75, 3.05) is 18.4 Å². The van der Waals surface area contributed by atoms with Gasteiger partial charge in [-0.3, -0.25) is 5.32 Å². The van der Waals surface area contributed by atoms with Crippen LogP contribution in [0.1, 0.15) is 11.4 Å². The Bertz CT molecular complexity index is 994. The number of amides is 2. The zero-order valence-electron chi connectivity index (χ0n) is 14.6. The molecular formula is C17H18FN7OS. The number of nitrogens with one attached hydrogen (secondary N) is 1. The summed E-state index contributed by atoms with van der Waals surface area (Å²) in [6.07, 6.45) is -0.784. The van der Waals surface area contributed by atoms with Gasteiger partial charge in [0.15, 0.2) is 5.82 Å². The van der Waals surface area contributed by atoms with Gasteiger partial charge in [-0.25, -0.2) is 9.18 Å². The van der Waals surface area contributed by atoms with Crippen molar-refractivity contribution in [3.05, 3.63) is 29.3 Å². The van der Waals surface area contributed by atoms with Crippen molar-refractivity contribution in [2.24, 2.45) is 5.73 Å².